The second-order valence-electron chi connectivity index (χ2n) is 3.90. The number of nitrogens with one attached hydrogen (secondary N) is 1. The van der Waals surface area contributed by atoms with Crippen molar-refractivity contribution in [3.05, 3.63) is 18.2 Å². The lowest BCUT2D eigenvalue weighted by molar-refractivity contribution is -0.140. The van der Waals surface area contributed by atoms with Crippen LogP contribution < -0.4 is 5.32 Å². The van der Waals surface area contributed by atoms with Gasteiger partial charge in [0.05, 0.1) is 38.4 Å². The predicted molar refractivity (Wildman–Crippen MR) is 60.4 cm³/mol. The largest absolute Gasteiger partial charge is 0.469 e. The first-order valence-electron chi connectivity index (χ1n) is 5.70. The summed E-state index contributed by atoms with van der Waals surface area (Å²) in [6.07, 6.45) is 3.87. The Labute approximate surface area is 99.9 Å². The molecule has 2 heterocycles. The molecule has 0 amide bonds. The molecule has 1 aromatic heterocycles. The molecule has 0 aliphatic carbocycles. The summed E-state index contributed by atoms with van der Waals surface area (Å²) in [4.78, 5) is 15.2. The fourth-order valence-electron chi connectivity index (χ4n) is 1.86. The van der Waals surface area contributed by atoms with E-state index >= 15 is 0 Å². The second kappa shape index (κ2) is 5.79. The molecule has 0 bridgehead atoms. The summed E-state index contributed by atoms with van der Waals surface area (Å²) < 4.78 is 12.2. The summed E-state index contributed by atoms with van der Waals surface area (Å²) >= 11 is 0. The van der Waals surface area contributed by atoms with Crippen molar-refractivity contribution in [3.8, 4) is 0 Å². The van der Waals surface area contributed by atoms with Crippen molar-refractivity contribution in [3.63, 3.8) is 0 Å². The molecule has 1 fully saturated rings. The summed E-state index contributed by atoms with van der Waals surface area (Å²) in [5.74, 6) is -0.215. The maximum atomic E-state index is 11.1. The Morgan fingerprint density at radius 2 is 2.65 bits per heavy atom. The molecule has 0 spiro atoms. The highest BCUT2D eigenvalue weighted by Crippen LogP contribution is 2.18. The first kappa shape index (κ1) is 12.1. The number of ether oxygens (including phenoxy) is 2. The summed E-state index contributed by atoms with van der Waals surface area (Å²) in [5.41, 5.74) is 1.00. The van der Waals surface area contributed by atoms with Gasteiger partial charge in [0, 0.05) is 19.6 Å². The van der Waals surface area contributed by atoms with Crippen LogP contribution in [0.2, 0.25) is 0 Å². The summed E-state index contributed by atoms with van der Waals surface area (Å²) in [7, 11) is 1.39. The molecule has 0 saturated carbocycles. The van der Waals surface area contributed by atoms with Gasteiger partial charge in [0.15, 0.2) is 0 Å². The monoisotopic (exact) mass is 239 g/mol. The van der Waals surface area contributed by atoms with E-state index in [1.54, 1.807) is 12.5 Å². The summed E-state index contributed by atoms with van der Waals surface area (Å²) in [6, 6.07) is 0. The minimum absolute atomic E-state index is 0.0175. The SMILES string of the molecule is COC(=O)CCn1cncc1C1CNCCO1. The van der Waals surface area contributed by atoms with Gasteiger partial charge in [-0.05, 0) is 0 Å². The summed E-state index contributed by atoms with van der Waals surface area (Å²) in [6.45, 7) is 2.94. The number of nitrogens with zero attached hydrogens (tertiary/aromatic N) is 2. The Balaban J connectivity index is 1.98. The lowest BCUT2D eigenvalue weighted by atomic mass is 10.2. The zero-order valence-corrected chi connectivity index (χ0v) is 9.89. The lowest BCUT2D eigenvalue weighted by Crippen LogP contribution is -2.34. The molecule has 2 rings (SSSR count). The maximum Gasteiger partial charge on any atom is 0.307 e. The molecular formula is C11H17N3O3. The van der Waals surface area contributed by atoms with E-state index in [2.05, 4.69) is 15.0 Å². The van der Waals surface area contributed by atoms with Crippen LogP contribution in [0.25, 0.3) is 0 Å². The molecule has 6 heteroatoms. The van der Waals surface area contributed by atoms with Gasteiger partial charge in [-0.3, -0.25) is 4.79 Å². The van der Waals surface area contributed by atoms with E-state index in [0.29, 0.717) is 19.6 Å². The Morgan fingerprint density at radius 3 is 3.35 bits per heavy atom. The van der Waals surface area contributed by atoms with Gasteiger partial charge in [0.2, 0.25) is 0 Å². The van der Waals surface area contributed by atoms with Crippen LogP contribution >= 0.6 is 0 Å². The Hall–Kier alpha value is -1.40. The normalized spacial score (nSPS) is 20.2. The van der Waals surface area contributed by atoms with Crippen LogP contribution in [0.5, 0.6) is 0 Å². The van der Waals surface area contributed by atoms with Crippen LogP contribution in [0.1, 0.15) is 18.2 Å². The zero-order chi connectivity index (χ0) is 12.1. The standard InChI is InChI=1S/C11H17N3O3/c1-16-11(15)2-4-14-8-13-6-9(14)10-7-12-3-5-17-10/h6,8,10,12H,2-5,7H2,1H3. The number of morpholine rings is 1. The molecule has 0 aromatic carbocycles. The molecule has 1 unspecified atom stereocenters. The number of carbonyl (C=O) groups excluding carboxylic acids is 1. The van der Waals surface area contributed by atoms with Gasteiger partial charge < -0.3 is 19.4 Å². The number of carbonyl (C=O) groups is 1. The topological polar surface area (TPSA) is 65.4 Å². The predicted octanol–water partition coefficient (Wildman–Crippen LogP) is 0.107. The van der Waals surface area contributed by atoms with Crippen LogP contribution in [-0.2, 0) is 20.8 Å². The van der Waals surface area contributed by atoms with Crippen molar-refractivity contribution in [2.45, 2.75) is 19.1 Å². The maximum absolute atomic E-state index is 11.1. The highest BCUT2D eigenvalue weighted by atomic mass is 16.5. The third-order valence-corrected chi connectivity index (χ3v) is 2.79. The number of rotatable bonds is 4. The van der Waals surface area contributed by atoms with Crippen molar-refractivity contribution in [2.24, 2.45) is 0 Å². The van der Waals surface area contributed by atoms with Crippen LogP contribution in [0, 0.1) is 0 Å². The zero-order valence-electron chi connectivity index (χ0n) is 9.89. The molecule has 1 N–H and O–H groups in total. The van der Waals surface area contributed by atoms with Crippen LogP contribution in [0.3, 0.4) is 0 Å². The smallest absolute Gasteiger partial charge is 0.307 e. The van der Waals surface area contributed by atoms with Crippen LogP contribution in [-0.4, -0.2) is 42.3 Å². The quantitative estimate of drug-likeness (QED) is 0.755. The molecule has 1 aliphatic heterocycles. The van der Waals surface area contributed by atoms with Crippen molar-refractivity contribution < 1.29 is 14.3 Å². The molecule has 1 aromatic rings. The minimum atomic E-state index is -0.215. The highest BCUT2D eigenvalue weighted by molar-refractivity contribution is 5.68. The van der Waals surface area contributed by atoms with Crippen molar-refractivity contribution in [1.29, 1.82) is 0 Å². The molecule has 1 saturated heterocycles. The number of esters is 1. The molecule has 1 aliphatic rings. The van der Waals surface area contributed by atoms with Gasteiger partial charge in [-0.15, -0.1) is 0 Å². The molecule has 0 radical (unpaired) electrons. The van der Waals surface area contributed by atoms with E-state index in [1.807, 2.05) is 4.57 Å². The molecule has 6 nitrogen and oxygen atoms in total. The molecule has 1 atom stereocenters. The van der Waals surface area contributed by atoms with Crippen molar-refractivity contribution in [1.82, 2.24) is 14.9 Å². The van der Waals surface area contributed by atoms with E-state index < -0.39 is 0 Å². The van der Waals surface area contributed by atoms with Gasteiger partial charge in [0.25, 0.3) is 0 Å². The van der Waals surface area contributed by atoms with Gasteiger partial charge in [-0.1, -0.05) is 0 Å². The van der Waals surface area contributed by atoms with Crippen molar-refractivity contribution in [2.75, 3.05) is 26.8 Å². The van der Waals surface area contributed by atoms with Gasteiger partial charge >= 0.3 is 5.97 Å². The van der Waals surface area contributed by atoms with Crippen LogP contribution in [0.15, 0.2) is 12.5 Å². The number of aromatic nitrogens is 2. The van der Waals surface area contributed by atoms with Crippen molar-refractivity contribution >= 4 is 5.97 Å². The Kier molecular flexibility index (Phi) is 4.11. The number of methoxy groups -OCH3 is 1. The average molecular weight is 239 g/mol. The van der Waals surface area contributed by atoms with Gasteiger partial charge in [-0.2, -0.15) is 0 Å². The molecule has 94 valence electrons. The van der Waals surface area contributed by atoms with E-state index in [9.17, 15) is 4.79 Å². The van der Waals surface area contributed by atoms with E-state index in [-0.39, 0.29) is 12.1 Å². The van der Waals surface area contributed by atoms with E-state index in [0.717, 1.165) is 18.8 Å². The first-order chi connectivity index (χ1) is 8.31. The fourth-order valence-corrected chi connectivity index (χ4v) is 1.86. The molecule has 17 heavy (non-hydrogen) atoms. The molecular weight excluding hydrogens is 222 g/mol. The average Bonchev–Trinajstić information content (AvgIpc) is 2.85. The van der Waals surface area contributed by atoms with Crippen LogP contribution in [0.4, 0.5) is 0 Å². The third kappa shape index (κ3) is 3.04. The first-order valence-corrected chi connectivity index (χ1v) is 5.70. The Bertz CT molecular complexity index is 372. The second-order valence-corrected chi connectivity index (χ2v) is 3.90. The van der Waals surface area contributed by atoms with E-state index in [4.69, 9.17) is 4.74 Å². The minimum Gasteiger partial charge on any atom is -0.469 e. The highest BCUT2D eigenvalue weighted by Gasteiger charge is 2.19. The summed E-state index contributed by atoms with van der Waals surface area (Å²) in [5, 5.41) is 3.27. The number of hydrogen-bond acceptors (Lipinski definition) is 5. The van der Waals surface area contributed by atoms with Gasteiger partial charge in [0.1, 0.15) is 6.10 Å². The fraction of sp³-hybridized carbons (Fsp3) is 0.636. The number of hydrogen-bond donors (Lipinski definition) is 1. The number of aryl methyl sites for hydroxylation is 1. The lowest BCUT2D eigenvalue weighted by Gasteiger charge is -2.24. The van der Waals surface area contributed by atoms with E-state index in [1.165, 1.54) is 7.11 Å². The Morgan fingerprint density at radius 1 is 1.76 bits per heavy atom. The van der Waals surface area contributed by atoms with Gasteiger partial charge in [-0.25, -0.2) is 4.98 Å². The third-order valence-electron chi connectivity index (χ3n) is 2.79. The number of imidazole rings is 1.